The van der Waals surface area contributed by atoms with E-state index < -0.39 is 16.7 Å². The van der Waals surface area contributed by atoms with E-state index in [4.69, 9.17) is 16.7 Å². The van der Waals surface area contributed by atoms with Crippen LogP contribution in [0, 0.1) is 15.9 Å². The molecule has 0 aliphatic heterocycles. The number of aromatic carboxylic acids is 1. The monoisotopic (exact) mass is 298 g/mol. The number of carboxylic acids is 1. The first-order valence-corrected chi connectivity index (χ1v) is 5.78. The molecule has 0 aliphatic rings. The summed E-state index contributed by atoms with van der Waals surface area (Å²) in [5.41, 5.74) is -0.522. The van der Waals surface area contributed by atoms with Crippen molar-refractivity contribution in [2.45, 2.75) is 6.54 Å². The average molecular weight is 299 g/mol. The fraction of sp³-hybridized carbons (Fsp3) is 0.0833. The Morgan fingerprint density at radius 3 is 2.75 bits per heavy atom. The number of hydrogen-bond donors (Lipinski definition) is 1. The van der Waals surface area contributed by atoms with Crippen LogP contribution in [0.25, 0.3) is 0 Å². The zero-order valence-electron chi connectivity index (χ0n) is 9.92. The summed E-state index contributed by atoms with van der Waals surface area (Å²) in [6.07, 6.45) is 1.05. The Morgan fingerprint density at radius 2 is 2.15 bits per heavy atom. The van der Waals surface area contributed by atoms with E-state index in [1.807, 2.05) is 0 Å². The highest BCUT2D eigenvalue weighted by Crippen LogP contribution is 2.21. The third-order valence-electron chi connectivity index (χ3n) is 2.66. The molecule has 0 amide bonds. The summed E-state index contributed by atoms with van der Waals surface area (Å²) < 4.78 is 14.7. The van der Waals surface area contributed by atoms with Gasteiger partial charge in [0.2, 0.25) is 0 Å². The van der Waals surface area contributed by atoms with Gasteiger partial charge in [-0.05, 0) is 18.2 Å². The third kappa shape index (κ3) is 2.77. The Bertz CT molecular complexity index is 699. The van der Waals surface area contributed by atoms with Crippen molar-refractivity contribution in [1.82, 2.24) is 4.57 Å². The average Bonchev–Trinajstić information content (AvgIpc) is 2.78. The molecule has 0 aliphatic carbocycles. The highest BCUT2D eigenvalue weighted by Gasteiger charge is 2.19. The lowest BCUT2D eigenvalue weighted by Gasteiger charge is -2.07. The largest absolute Gasteiger partial charge is 0.477 e. The first-order chi connectivity index (χ1) is 9.38. The summed E-state index contributed by atoms with van der Waals surface area (Å²) in [6.45, 7) is -0.165. The molecule has 20 heavy (non-hydrogen) atoms. The van der Waals surface area contributed by atoms with Gasteiger partial charge in [-0.1, -0.05) is 11.6 Å². The Labute approximate surface area is 117 Å². The number of rotatable bonds is 4. The molecule has 1 heterocycles. The van der Waals surface area contributed by atoms with Crippen molar-refractivity contribution in [3.8, 4) is 0 Å². The number of hydrogen-bond acceptors (Lipinski definition) is 3. The van der Waals surface area contributed by atoms with Crippen molar-refractivity contribution in [2.24, 2.45) is 0 Å². The topological polar surface area (TPSA) is 85.4 Å². The molecule has 0 saturated heterocycles. The molecule has 104 valence electrons. The second-order valence-corrected chi connectivity index (χ2v) is 4.45. The van der Waals surface area contributed by atoms with Gasteiger partial charge in [-0.2, -0.15) is 0 Å². The fourth-order valence-corrected chi connectivity index (χ4v) is 1.95. The van der Waals surface area contributed by atoms with E-state index in [1.54, 1.807) is 0 Å². The van der Waals surface area contributed by atoms with Crippen molar-refractivity contribution in [2.75, 3.05) is 0 Å². The molecule has 2 aromatic rings. The molecule has 0 fully saturated rings. The second-order valence-electron chi connectivity index (χ2n) is 4.01. The summed E-state index contributed by atoms with van der Waals surface area (Å²) in [6, 6.07) is 4.77. The highest BCUT2D eigenvalue weighted by atomic mass is 35.5. The molecular formula is C12H8ClFN2O4. The van der Waals surface area contributed by atoms with Crippen LogP contribution in [0.5, 0.6) is 0 Å². The maximum absolute atomic E-state index is 13.6. The van der Waals surface area contributed by atoms with Gasteiger partial charge in [0, 0.05) is 16.7 Å². The fourth-order valence-electron chi connectivity index (χ4n) is 1.75. The summed E-state index contributed by atoms with van der Waals surface area (Å²) in [5.74, 6) is -1.90. The van der Waals surface area contributed by atoms with E-state index in [-0.39, 0.29) is 23.5 Å². The van der Waals surface area contributed by atoms with Crippen LogP contribution in [0.1, 0.15) is 16.1 Å². The summed E-state index contributed by atoms with van der Waals surface area (Å²) in [4.78, 5) is 21.0. The minimum Gasteiger partial charge on any atom is -0.477 e. The van der Waals surface area contributed by atoms with Gasteiger partial charge in [0.25, 0.3) is 5.69 Å². The number of nitro groups is 1. The van der Waals surface area contributed by atoms with Crippen LogP contribution < -0.4 is 0 Å². The molecule has 8 heteroatoms. The maximum Gasteiger partial charge on any atom is 0.352 e. The van der Waals surface area contributed by atoms with E-state index in [1.165, 1.54) is 12.1 Å². The van der Waals surface area contributed by atoms with Crippen LogP contribution in [-0.2, 0) is 6.54 Å². The van der Waals surface area contributed by atoms with Crippen molar-refractivity contribution in [3.05, 3.63) is 62.7 Å². The quantitative estimate of drug-likeness (QED) is 0.694. The lowest BCUT2D eigenvalue weighted by Crippen LogP contribution is -2.09. The van der Waals surface area contributed by atoms with Gasteiger partial charge in [0.1, 0.15) is 11.5 Å². The highest BCUT2D eigenvalue weighted by molar-refractivity contribution is 6.30. The standard InChI is InChI=1S/C12H8ClFN2O4/c13-8-1-2-10(14)7(3-8)5-15-6-9(16(19)20)4-11(15)12(17)18/h1-4,6H,5H2,(H,17,18). The molecule has 0 spiro atoms. The molecule has 1 aromatic heterocycles. The van der Waals surface area contributed by atoms with Gasteiger partial charge in [-0.3, -0.25) is 10.1 Å². The lowest BCUT2D eigenvalue weighted by atomic mass is 10.2. The summed E-state index contributed by atoms with van der Waals surface area (Å²) in [5, 5.41) is 20.0. The summed E-state index contributed by atoms with van der Waals surface area (Å²) in [7, 11) is 0. The van der Waals surface area contributed by atoms with E-state index >= 15 is 0 Å². The molecule has 2 rings (SSSR count). The van der Waals surface area contributed by atoms with E-state index in [9.17, 15) is 19.3 Å². The molecule has 0 bridgehead atoms. The maximum atomic E-state index is 13.6. The molecule has 1 N–H and O–H groups in total. The van der Waals surface area contributed by atoms with Crippen LogP contribution in [0.15, 0.2) is 30.5 Å². The minimum atomic E-state index is -1.33. The second kappa shape index (κ2) is 5.30. The number of benzene rings is 1. The van der Waals surface area contributed by atoms with E-state index in [0.717, 1.165) is 22.9 Å². The van der Waals surface area contributed by atoms with Gasteiger partial charge in [0.15, 0.2) is 0 Å². The van der Waals surface area contributed by atoms with Gasteiger partial charge in [-0.25, -0.2) is 9.18 Å². The van der Waals surface area contributed by atoms with Crippen molar-refractivity contribution in [3.63, 3.8) is 0 Å². The van der Waals surface area contributed by atoms with Gasteiger partial charge in [0.05, 0.1) is 17.7 Å². The molecule has 0 atom stereocenters. The zero-order chi connectivity index (χ0) is 14.9. The number of nitrogens with zero attached hydrogens (tertiary/aromatic N) is 2. The van der Waals surface area contributed by atoms with Gasteiger partial charge >= 0.3 is 5.97 Å². The Balaban J connectivity index is 2.44. The predicted molar refractivity (Wildman–Crippen MR) is 68.6 cm³/mol. The Hall–Kier alpha value is -2.41. The Kier molecular flexibility index (Phi) is 3.71. The summed E-state index contributed by atoms with van der Waals surface area (Å²) >= 11 is 5.74. The zero-order valence-corrected chi connectivity index (χ0v) is 10.7. The third-order valence-corrected chi connectivity index (χ3v) is 2.90. The van der Waals surface area contributed by atoms with Crippen LogP contribution >= 0.6 is 11.6 Å². The smallest absolute Gasteiger partial charge is 0.352 e. The van der Waals surface area contributed by atoms with Crippen molar-refractivity contribution in [1.29, 1.82) is 0 Å². The SMILES string of the molecule is O=C(O)c1cc([N+](=O)[O-])cn1Cc1cc(Cl)ccc1F. The van der Waals surface area contributed by atoms with Gasteiger partial charge in [-0.15, -0.1) is 0 Å². The predicted octanol–water partition coefficient (Wildman–Crippen LogP) is 2.94. The van der Waals surface area contributed by atoms with Crippen LogP contribution in [0.3, 0.4) is 0 Å². The number of aromatic nitrogens is 1. The first-order valence-electron chi connectivity index (χ1n) is 5.40. The van der Waals surface area contributed by atoms with E-state index in [2.05, 4.69) is 0 Å². The minimum absolute atomic E-state index is 0.144. The van der Waals surface area contributed by atoms with Crippen LogP contribution in [-0.4, -0.2) is 20.6 Å². The van der Waals surface area contributed by atoms with Gasteiger partial charge < -0.3 is 9.67 Å². The first kappa shape index (κ1) is 14.0. The van der Waals surface area contributed by atoms with E-state index in [0.29, 0.717) is 5.02 Å². The van der Waals surface area contributed by atoms with Crippen LogP contribution in [0.2, 0.25) is 5.02 Å². The van der Waals surface area contributed by atoms with Crippen molar-refractivity contribution < 1.29 is 19.2 Å². The lowest BCUT2D eigenvalue weighted by molar-refractivity contribution is -0.384. The molecular weight excluding hydrogens is 291 g/mol. The normalized spacial score (nSPS) is 10.5. The Morgan fingerprint density at radius 1 is 1.45 bits per heavy atom. The number of carbonyl (C=O) groups is 1. The van der Waals surface area contributed by atoms with Crippen LogP contribution in [0.4, 0.5) is 10.1 Å². The molecule has 0 saturated carbocycles. The molecule has 0 radical (unpaired) electrons. The number of halogens is 2. The van der Waals surface area contributed by atoms with Crippen molar-refractivity contribution >= 4 is 23.3 Å². The molecule has 0 unspecified atom stereocenters. The molecule has 1 aromatic carbocycles. The number of carboxylic acid groups (broad SMARTS) is 1. The molecule has 6 nitrogen and oxygen atoms in total.